The largest absolute Gasteiger partial charge is 0.484 e. The van der Waals surface area contributed by atoms with Crippen molar-refractivity contribution in [3.63, 3.8) is 0 Å². The Hall–Kier alpha value is -4.18. The molecule has 0 fully saturated rings. The van der Waals surface area contributed by atoms with Gasteiger partial charge in [0.05, 0.1) is 0 Å². The van der Waals surface area contributed by atoms with E-state index in [0.29, 0.717) is 36.9 Å². The number of amides is 2. The normalized spacial score (nSPS) is 17.4. The Labute approximate surface area is 229 Å². The number of likely N-dealkylation sites (N-methyl/N-ethyl adjacent to an activating group) is 1. The van der Waals surface area contributed by atoms with Gasteiger partial charge in [0.15, 0.2) is 6.61 Å². The molecule has 1 atom stereocenters. The number of nitrogens with zero attached hydrogens (tertiary/aromatic N) is 3. The highest BCUT2D eigenvalue weighted by molar-refractivity contribution is 5.88. The number of hydrogen-bond donors (Lipinski definition) is 4. The summed E-state index contributed by atoms with van der Waals surface area (Å²) >= 11 is 0. The summed E-state index contributed by atoms with van der Waals surface area (Å²) in [5, 5.41) is 12.5. The molecule has 2 aromatic carbocycles. The third-order valence-corrected chi connectivity index (χ3v) is 6.30. The lowest BCUT2D eigenvalue weighted by Gasteiger charge is -2.23. The van der Waals surface area contributed by atoms with Gasteiger partial charge in [-0.05, 0) is 60.8 Å². The van der Waals surface area contributed by atoms with Gasteiger partial charge in [-0.2, -0.15) is 0 Å². The van der Waals surface area contributed by atoms with Crippen molar-refractivity contribution in [3.05, 3.63) is 66.5 Å². The van der Waals surface area contributed by atoms with Crippen LogP contribution in [0.25, 0.3) is 0 Å². The van der Waals surface area contributed by atoms with E-state index < -0.39 is 6.04 Å². The molecule has 39 heavy (non-hydrogen) atoms. The molecule has 3 aromatic rings. The van der Waals surface area contributed by atoms with Crippen molar-refractivity contribution in [3.8, 4) is 5.75 Å². The van der Waals surface area contributed by atoms with Gasteiger partial charge in [0.2, 0.25) is 5.91 Å². The fourth-order valence-corrected chi connectivity index (χ4v) is 4.33. The number of hydrogen-bond acceptors (Lipinski definition) is 8. The summed E-state index contributed by atoms with van der Waals surface area (Å²) in [6.45, 7) is 8.70. The fourth-order valence-electron chi connectivity index (χ4n) is 4.33. The number of fused-ring (bicyclic) bond motifs is 12. The van der Waals surface area contributed by atoms with Crippen LogP contribution >= 0.6 is 0 Å². The predicted octanol–water partition coefficient (Wildman–Crippen LogP) is 3.83. The number of carbonyl (C=O) groups excluding carboxylic acids is 2. The molecule has 10 heteroatoms. The van der Waals surface area contributed by atoms with Crippen molar-refractivity contribution >= 4 is 34.8 Å². The molecule has 1 unspecified atom stereocenters. The number of rotatable bonds is 3. The highest BCUT2D eigenvalue weighted by Crippen LogP contribution is 2.22. The Kier molecular flexibility index (Phi) is 9.69. The van der Waals surface area contributed by atoms with Crippen LogP contribution in [-0.4, -0.2) is 59.0 Å². The highest BCUT2D eigenvalue weighted by atomic mass is 16.5. The van der Waals surface area contributed by atoms with E-state index in [2.05, 4.69) is 55.2 Å². The minimum Gasteiger partial charge on any atom is -0.484 e. The maximum Gasteiger partial charge on any atom is 0.258 e. The summed E-state index contributed by atoms with van der Waals surface area (Å²) in [4.78, 5) is 36.5. The molecule has 10 nitrogen and oxygen atoms in total. The molecule has 5 rings (SSSR count). The van der Waals surface area contributed by atoms with Gasteiger partial charge in [0, 0.05) is 37.1 Å². The first kappa shape index (κ1) is 27.8. The van der Waals surface area contributed by atoms with E-state index in [1.807, 2.05) is 44.2 Å². The van der Waals surface area contributed by atoms with Gasteiger partial charge < -0.3 is 26.0 Å². The van der Waals surface area contributed by atoms with Crippen LogP contribution in [0.2, 0.25) is 0 Å². The molecule has 4 N–H and O–H groups in total. The Bertz CT molecular complexity index is 1250. The summed E-state index contributed by atoms with van der Waals surface area (Å²) < 4.78 is 5.67. The number of aromatic nitrogens is 2. The quantitative estimate of drug-likeness (QED) is 0.377. The van der Waals surface area contributed by atoms with E-state index in [-0.39, 0.29) is 24.3 Å². The molecule has 0 radical (unpaired) electrons. The molecule has 0 aliphatic carbocycles. The van der Waals surface area contributed by atoms with Gasteiger partial charge in [-0.3, -0.25) is 14.5 Å². The van der Waals surface area contributed by atoms with Crippen LogP contribution in [0.15, 0.2) is 60.9 Å². The van der Waals surface area contributed by atoms with E-state index in [1.54, 1.807) is 12.1 Å². The summed E-state index contributed by atoms with van der Waals surface area (Å²) in [5.41, 5.74) is 2.88. The third-order valence-electron chi connectivity index (χ3n) is 6.30. The highest BCUT2D eigenvalue weighted by Gasteiger charge is 2.22. The Morgan fingerprint density at radius 2 is 1.74 bits per heavy atom. The van der Waals surface area contributed by atoms with E-state index >= 15 is 0 Å². The molecule has 1 aromatic heterocycles. The molecular weight excluding hydrogens is 494 g/mol. The number of nitrogens with one attached hydrogen (secondary N) is 4. The van der Waals surface area contributed by atoms with Crippen LogP contribution in [0.1, 0.15) is 32.8 Å². The molecule has 0 spiro atoms. The third kappa shape index (κ3) is 8.68. The van der Waals surface area contributed by atoms with E-state index in [0.717, 1.165) is 30.0 Å². The van der Waals surface area contributed by atoms with E-state index in [4.69, 9.17) is 4.74 Å². The molecule has 6 bridgehead atoms. The van der Waals surface area contributed by atoms with Crippen LogP contribution in [-0.2, 0) is 16.1 Å². The zero-order valence-electron chi connectivity index (χ0n) is 22.7. The molecule has 2 amide bonds. The minimum atomic E-state index is -0.622. The lowest BCUT2D eigenvalue weighted by molar-refractivity contribution is -0.130. The molecule has 2 aliphatic rings. The minimum absolute atomic E-state index is 0.183. The van der Waals surface area contributed by atoms with Crippen LogP contribution in [0.5, 0.6) is 5.75 Å². The summed E-state index contributed by atoms with van der Waals surface area (Å²) in [6.07, 6.45) is 2.05. The molecule has 206 valence electrons. The topological polar surface area (TPSA) is 121 Å². The second kappa shape index (κ2) is 13.6. The number of ether oxygens (including phenoxy) is 1. The van der Waals surface area contributed by atoms with Gasteiger partial charge in [0.25, 0.3) is 5.91 Å². The average Bonchev–Trinajstić information content (AvgIpc) is 2.91. The van der Waals surface area contributed by atoms with Crippen LogP contribution < -0.4 is 26.0 Å². The number of anilines is 4. The molecular formula is C29H37N7O3. The first-order valence-corrected chi connectivity index (χ1v) is 13.3. The van der Waals surface area contributed by atoms with Crippen molar-refractivity contribution in [1.82, 2.24) is 25.5 Å². The molecule has 3 heterocycles. The van der Waals surface area contributed by atoms with Crippen molar-refractivity contribution in [2.75, 3.05) is 36.9 Å². The predicted molar refractivity (Wildman–Crippen MR) is 152 cm³/mol. The maximum absolute atomic E-state index is 13.0. The first-order valence-electron chi connectivity index (χ1n) is 13.3. The van der Waals surface area contributed by atoms with Gasteiger partial charge in [-0.25, -0.2) is 9.97 Å². The lowest BCUT2D eigenvalue weighted by atomic mass is 10.0. The zero-order chi connectivity index (χ0) is 27.6. The summed E-state index contributed by atoms with van der Waals surface area (Å²) in [5.74, 6) is 1.56. The van der Waals surface area contributed by atoms with Crippen molar-refractivity contribution in [2.45, 2.75) is 39.8 Å². The maximum atomic E-state index is 13.0. The second-order valence-electron chi connectivity index (χ2n) is 9.96. The zero-order valence-corrected chi connectivity index (χ0v) is 22.7. The van der Waals surface area contributed by atoms with Gasteiger partial charge in [-0.15, -0.1) is 0 Å². The van der Waals surface area contributed by atoms with E-state index in [9.17, 15) is 9.59 Å². The van der Waals surface area contributed by atoms with Crippen LogP contribution in [0.3, 0.4) is 0 Å². The lowest BCUT2D eigenvalue weighted by Crippen LogP contribution is -2.49. The Morgan fingerprint density at radius 1 is 1.00 bits per heavy atom. The standard InChI is InChI=1S/C29H37N7O3/c1-4-36-13-12-30-29(38)25(14-20(2)3)35-28(37)18-39-24-10-8-22(9-11-24)33-26-16-27(32-19-31-26)34-23-7-5-6-21(15-23)17-36/h5-11,15-16,19-20,25H,4,12-14,17-18H2,1-3H3,(H,30,38)(H,35,37)(H2,31,32,33,34). The molecule has 2 aliphatic heterocycles. The van der Waals surface area contributed by atoms with Gasteiger partial charge in [-0.1, -0.05) is 32.9 Å². The summed E-state index contributed by atoms with van der Waals surface area (Å²) in [7, 11) is 0. The number of benzene rings is 2. The van der Waals surface area contributed by atoms with Crippen molar-refractivity contribution in [1.29, 1.82) is 0 Å². The SMILES string of the molecule is CCN1CCNC(=O)C(CC(C)C)NC(=O)COc2ccc(cc2)Nc2cc(ncn2)Nc2cccc(c2)C1. The van der Waals surface area contributed by atoms with Crippen molar-refractivity contribution in [2.24, 2.45) is 5.92 Å². The smallest absolute Gasteiger partial charge is 0.258 e. The monoisotopic (exact) mass is 531 g/mol. The molecule has 0 saturated carbocycles. The van der Waals surface area contributed by atoms with Crippen molar-refractivity contribution < 1.29 is 14.3 Å². The Balaban J connectivity index is 1.55. The second-order valence-corrected chi connectivity index (χ2v) is 9.96. The van der Waals surface area contributed by atoms with Crippen LogP contribution in [0, 0.1) is 5.92 Å². The van der Waals surface area contributed by atoms with Gasteiger partial charge in [0.1, 0.15) is 29.8 Å². The fraction of sp³-hybridized carbons (Fsp3) is 0.379. The number of carbonyl (C=O) groups is 2. The molecule has 0 saturated heterocycles. The van der Waals surface area contributed by atoms with Gasteiger partial charge >= 0.3 is 0 Å². The Morgan fingerprint density at radius 3 is 2.46 bits per heavy atom. The average molecular weight is 532 g/mol. The van der Waals surface area contributed by atoms with Crippen LogP contribution in [0.4, 0.5) is 23.0 Å². The first-order chi connectivity index (χ1) is 18.9. The summed E-state index contributed by atoms with van der Waals surface area (Å²) in [6, 6.07) is 16.6. The van der Waals surface area contributed by atoms with E-state index in [1.165, 1.54) is 6.33 Å².